The summed E-state index contributed by atoms with van der Waals surface area (Å²) in [6, 6.07) is 0. The van der Waals surface area contributed by atoms with E-state index in [1.165, 1.54) is 0 Å². The Hall–Kier alpha value is 0.160. The molecule has 0 aromatic carbocycles. The van der Waals surface area contributed by atoms with E-state index in [-0.39, 0.29) is 5.91 Å². The Morgan fingerprint density at radius 2 is 2.12 bits per heavy atom. The molecule has 1 amide bonds. The van der Waals surface area contributed by atoms with Crippen LogP contribution in [-0.4, -0.2) is 11.4 Å². The van der Waals surface area contributed by atoms with Crippen molar-refractivity contribution in [3.63, 3.8) is 0 Å². The molecule has 0 radical (unpaired) electrons. The molecule has 3 nitrogen and oxygen atoms in total. The Labute approximate surface area is 62.5 Å². The molecule has 0 fully saturated rings. The Morgan fingerprint density at radius 3 is 2.12 bits per heavy atom. The van der Waals surface area contributed by atoms with Crippen molar-refractivity contribution in [2.24, 2.45) is 5.73 Å². The van der Waals surface area contributed by atoms with Gasteiger partial charge >= 0.3 is 0 Å². The highest BCUT2D eigenvalue weighted by Crippen LogP contribution is 2.01. The van der Waals surface area contributed by atoms with Crippen molar-refractivity contribution < 1.29 is 4.79 Å². The number of rotatable bonds is 2. The fraction of sp³-hybridized carbons (Fsp3) is 0.750. The second-order valence-electron chi connectivity index (χ2n) is 2.08. The SMILES string of the molecule is CC(C)(NI)C(N)=O. The molecule has 0 aliphatic heterocycles. The average molecular weight is 228 g/mol. The summed E-state index contributed by atoms with van der Waals surface area (Å²) in [5.74, 6) is -0.341. The monoisotopic (exact) mass is 228 g/mol. The second-order valence-corrected chi connectivity index (χ2v) is 2.62. The predicted octanol–water partition coefficient (Wildman–Crippen LogP) is 0.190. The van der Waals surface area contributed by atoms with Gasteiger partial charge in [-0.3, -0.25) is 4.79 Å². The Bertz CT molecular complexity index is 102. The summed E-state index contributed by atoms with van der Waals surface area (Å²) in [5, 5.41) is 0. The van der Waals surface area contributed by atoms with E-state index in [1.807, 2.05) is 22.9 Å². The fourth-order valence-electron chi connectivity index (χ4n) is 0.0466. The van der Waals surface area contributed by atoms with E-state index < -0.39 is 5.54 Å². The highest BCUT2D eigenvalue weighted by Gasteiger charge is 2.21. The molecule has 0 spiro atoms. The van der Waals surface area contributed by atoms with E-state index in [4.69, 9.17) is 5.73 Å². The van der Waals surface area contributed by atoms with Gasteiger partial charge in [0.15, 0.2) is 0 Å². The minimum atomic E-state index is -0.583. The van der Waals surface area contributed by atoms with Gasteiger partial charge in [0.25, 0.3) is 0 Å². The molecule has 0 aliphatic rings. The number of carbonyl (C=O) groups is 1. The van der Waals surface area contributed by atoms with Crippen molar-refractivity contribution >= 4 is 28.8 Å². The molecule has 0 rings (SSSR count). The van der Waals surface area contributed by atoms with Gasteiger partial charge in [-0.2, -0.15) is 0 Å². The van der Waals surface area contributed by atoms with Crippen LogP contribution in [0.25, 0.3) is 0 Å². The highest BCUT2D eigenvalue weighted by atomic mass is 127. The maximum Gasteiger partial charge on any atom is 0.237 e. The van der Waals surface area contributed by atoms with Gasteiger partial charge in [-0.1, -0.05) is 0 Å². The number of hydrogen-bond donors (Lipinski definition) is 2. The Kier molecular flexibility index (Phi) is 2.68. The zero-order chi connectivity index (χ0) is 6.78. The summed E-state index contributed by atoms with van der Waals surface area (Å²) in [6.07, 6.45) is 0. The number of hydrogen-bond acceptors (Lipinski definition) is 2. The largest absolute Gasteiger partial charge is 0.368 e. The topological polar surface area (TPSA) is 55.1 Å². The maximum absolute atomic E-state index is 10.4. The van der Waals surface area contributed by atoms with Gasteiger partial charge in [0.2, 0.25) is 5.91 Å². The van der Waals surface area contributed by atoms with E-state index in [0.717, 1.165) is 0 Å². The van der Waals surface area contributed by atoms with E-state index in [9.17, 15) is 4.79 Å². The van der Waals surface area contributed by atoms with Crippen molar-refractivity contribution in [3.8, 4) is 0 Å². The lowest BCUT2D eigenvalue weighted by Crippen LogP contribution is -2.45. The molecule has 0 saturated heterocycles. The quantitative estimate of drug-likeness (QED) is 0.523. The van der Waals surface area contributed by atoms with Gasteiger partial charge in [0.1, 0.15) is 5.54 Å². The van der Waals surface area contributed by atoms with Crippen LogP contribution in [0.1, 0.15) is 13.8 Å². The van der Waals surface area contributed by atoms with Crippen molar-refractivity contribution in [2.45, 2.75) is 19.4 Å². The molecular formula is C4H9IN2O. The summed E-state index contributed by atoms with van der Waals surface area (Å²) in [5.41, 5.74) is 4.39. The van der Waals surface area contributed by atoms with Crippen LogP contribution in [0, 0.1) is 0 Å². The second kappa shape index (κ2) is 2.63. The molecular weight excluding hydrogens is 219 g/mol. The first kappa shape index (κ1) is 8.16. The summed E-state index contributed by atoms with van der Waals surface area (Å²) >= 11 is 1.89. The van der Waals surface area contributed by atoms with Crippen LogP contribution < -0.4 is 9.26 Å². The van der Waals surface area contributed by atoms with Crippen LogP contribution >= 0.6 is 22.9 Å². The summed E-state index contributed by atoms with van der Waals surface area (Å²) in [4.78, 5) is 10.4. The van der Waals surface area contributed by atoms with Gasteiger partial charge in [0.05, 0.1) is 0 Å². The molecule has 8 heavy (non-hydrogen) atoms. The summed E-state index contributed by atoms with van der Waals surface area (Å²) in [7, 11) is 0. The molecule has 0 aliphatic carbocycles. The molecule has 0 aromatic rings. The third-order valence-electron chi connectivity index (χ3n) is 0.852. The minimum absolute atomic E-state index is 0.341. The molecule has 48 valence electrons. The number of primary amides is 1. The summed E-state index contributed by atoms with van der Waals surface area (Å²) in [6.45, 7) is 3.45. The predicted molar refractivity (Wildman–Crippen MR) is 40.4 cm³/mol. The number of nitrogens with one attached hydrogen (secondary N) is 1. The van der Waals surface area contributed by atoms with Crippen LogP contribution in [0.15, 0.2) is 0 Å². The van der Waals surface area contributed by atoms with E-state index in [2.05, 4.69) is 3.53 Å². The van der Waals surface area contributed by atoms with Crippen molar-refractivity contribution in [1.82, 2.24) is 3.53 Å². The van der Waals surface area contributed by atoms with Crippen molar-refractivity contribution in [3.05, 3.63) is 0 Å². The Morgan fingerprint density at radius 1 is 1.75 bits per heavy atom. The third kappa shape index (κ3) is 1.95. The van der Waals surface area contributed by atoms with Crippen LogP contribution in [0.2, 0.25) is 0 Å². The van der Waals surface area contributed by atoms with Crippen LogP contribution in [0.4, 0.5) is 0 Å². The molecule has 0 saturated carbocycles. The zero-order valence-corrected chi connectivity index (χ0v) is 7.02. The lowest BCUT2D eigenvalue weighted by Gasteiger charge is -2.16. The van der Waals surface area contributed by atoms with E-state index in [1.54, 1.807) is 13.8 Å². The molecule has 3 N–H and O–H groups in total. The molecule has 0 atom stereocenters. The number of carbonyl (C=O) groups excluding carboxylic acids is 1. The lowest BCUT2D eigenvalue weighted by atomic mass is 10.1. The van der Waals surface area contributed by atoms with Gasteiger partial charge < -0.3 is 5.73 Å². The standard InChI is InChI=1S/C4H9IN2O/c1-4(2,7-5)3(6)8/h7H,1-2H3,(H2,6,8). The summed E-state index contributed by atoms with van der Waals surface area (Å²) < 4.78 is 2.74. The first-order valence-corrected chi connectivity index (χ1v) is 3.26. The molecule has 0 bridgehead atoms. The van der Waals surface area contributed by atoms with Gasteiger partial charge in [-0.15, -0.1) is 0 Å². The minimum Gasteiger partial charge on any atom is -0.368 e. The number of halogens is 1. The van der Waals surface area contributed by atoms with Gasteiger partial charge in [-0.05, 0) is 13.8 Å². The molecule has 0 heterocycles. The smallest absolute Gasteiger partial charge is 0.237 e. The maximum atomic E-state index is 10.4. The molecule has 0 aromatic heterocycles. The van der Waals surface area contributed by atoms with Gasteiger partial charge in [0, 0.05) is 22.9 Å². The van der Waals surface area contributed by atoms with Crippen LogP contribution in [0.5, 0.6) is 0 Å². The van der Waals surface area contributed by atoms with Crippen LogP contribution in [-0.2, 0) is 4.79 Å². The van der Waals surface area contributed by atoms with E-state index >= 15 is 0 Å². The first-order chi connectivity index (χ1) is 3.50. The van der Waals surface area contributed by atoms with Crippen molar-refractivity contribution in [1.29, 1.82) is 0 Å². The van der Waals surface area contributed by atoms with E-state index in [0.29, 0.717) is 0 Å². The highest BCUT2D eigenvalue weighted by molar-refractivity contribution is 14.1. The Balaban J connectivity index is 3.91. The van der Waals surface area contributed by atoms with Crippen molar-refractivity contribution in [2.75, 3.05) is 0 Å². The average Bonchev–Trinajstić information content (AvgIpc) is 1.67. The molecule has 0 unspecified atom stereocenters. The lowest BCUT2D eigenvalue weighted by molar-refractivity contribution is -0.122. The van der Waals surface area contributed by atoms with Crippen LogP contribution in [0.3, 0.4) is 0 Å². The normalized spacial score (nSPS) is 11.4. The van der Waals surface area contributed by atoms with Gasteiger partial charge in [-0.25, -0.2) is 3.53 Å². The first-order valence-electron chi connectivity index (χ1n) is 2.18. The fourth-order valence-corrected chi connectivity index (χ4v) is 0.312. The number of amides is 1. The number of nitrogens with two attached hydrogens (primary N) is 1. The third-order valence-corrected chi connectivity index (χ3v) is 2.20. The molecule has 4 heteroatoms. The zero-order valence-electron chi connectivity index (χ0n) is 4.86.